The van der Waals surface area contributed by atoms with Gasteiger partial charge >= 0.3 is 5.97 Å². The largest absolute Gasteiger partial charge is 0.456 e. The Hall–Kier alpha value is -4.80. The average molecular weight is 719 g/mol. The standard InChI is InChI=1S/C43H52N5O5/c1-5-46(6-2)34-15-17-38-40(25-34)53-41-26-35(47(7-3)8-4)16-18-39(41)42(38)36-11-9-10-12-37(36)43(49)52-29-33-27-48(45-44-33)19-20-50-21-22-51-28-32-24-30-13-14-31(32)23-30/h9-18,25-27,30-32H,5-8,19-24,28-29H2,1-4H3/q+1. The molecule has 1 aliphatic heterocycles. The Labute approximate surface area is 312 Å². The van der Waals surface area contributed by atoms with E-state index in [1.54, 1.807) is 10.9 Å². The summed E-state index contributed by atoms with van der Waals surface area (Å²) in [5, 5.41) is 10.5. The summed E-state index contributed by atoms with van der Waals surface area (Å²) in [7, 11) is 0. The van der Waals surface area contributed by atoms with E-state index in [9.17, 15) is 4.79 Å². The molecule has 2 heterocycles. The highest BCUT2D eigenvalue weighted by atomic mass is 16.5. The number of anilines is 1. The third kappa shape index (κ3) is 8.09. The van der Waals surface area contributed by atoms with Crippen molar-refractivity contribution >= 4 is 22.6 Å². The number of carbonyl (C=O) groups is 1. The second-order valence-corrected chi connectivity index (χ2v) is 14.0. The molecule has 3 unspecified atom stereocenters. The maximum absolute atomic E-state index is 13.8. The molecule has 0 saturated heterocycles. The average Bonchev–Trinajstić information content (AvgIpc) is 3.95. The number of aromatic nitrogens is 3. The molecule has 0 amide bonds. The van der Waals surface area contributed by atoms with Crippen LogP contribution in [0.4, 0.5) is 5.69 Å². The van der Waals surface area contributed by atoms with Crippen molar-refractivity contribution < 1.29 is 23.4 Å². The van der Waals surface area contributed by atoms with E-state index in [-0.39, 0.29) is 6.61 Å². The van der Waals surface area contributed by atoms with E-state index < -0.39 is 5.97 Å². The van der Waals surface area contributed by atoms with Gasteiger partial charge in [0.2, 0.25) is 5.36 Å². The molecule has 0 N–H and O–H groups in total. The minimum absolute atomic E-state index is 0.00610. The first kappa shape index (κ1) is 36.6. The first-order chi connectivity index (χ1) is 26.0. The fraction of sp³-hybridized carbons (Fsp3) is 0.442. The molecule has 278 valence electrons. The van der Waals surface area contributed by atoms with Crippen molar-refractivity contribution in [2.45, 2.75) is 53.7 Å². The van der Waals surface area contributed by atoms with Crippen LogP contribution in [0.5, 0.6) is 0 Å². The predicted octanol–water partition coefficient (Wildman–Crippen LogP) is 7.06. The molecule has 0 spiro atoms. The van der Waals surface area contributed by atoms with Crippen molar-refractivity contribution in [3.05, 3.63) is 95.6 Å². The number of carbonyl (C=O) groups excluding carboxylic acids is 1. The molecule has 10 nitrogen and oxygen atoms in total. The minimum Gasteiger partial charge on any atom is -0.456 e. The third-order valence-corrected chi connectivity index (χ3v) is 10.9. The zero-order chi connectivity index (χ0) is 36.7. The second-order valence-electron chi connectivity index (χ2n) is 14.0. The zero-order valence-electron chi connectivity index (χ0n) is 31.5. The molecule has 1 aromatic heterocycles. The summed E-state index contributed by atoms with van der Waals surface area (Å²) < 4.78 is 28.2. The molecule has 2 aromatic carbocycles. The number of rotatable bonds is 17. The maximum atomic E-state index is 13.8. The summed E-state index contributed by atoms with van der Waals surface area (Å²) >= 11 is 0. The summed E-state index contributed by atoms with van der Waals surface area (Å²) in [5.41, 5.74) is 5.55. The van der Waals surface area contributed by atoms with E-state index in [4.69, 9.17) is 18.6 Å². The monoisotopic (exact) mass is 718 g/mol. The maximum Gasteiger partial charge on any atom is 0.339 e. The molecule has 4 aliphatic rings. The lowest BCUT2D eigenvalue weighted by atomic mass is 9.90. The quantitative estimate of drug-likeness (QED) is 0.0332. The van der Waals surface area contributed by atoms with E-state index in [0.29, 0.717) is 49.5 Å². The Morgan fingerprint density at radius 2 is 1.75 bits per heavy atom. The van der Waals surface area contributed by atoms with E-state index in [1.807, 2.05) is 24.3 Å². The smallest absolute Gasteiger partial charge is 0.339 e. The van der Waals surface area contributed by atoms with Crippen LogP contribution in [0.15, 0.2) is 83.4 Å². The molecule has 0 radical (unpaired) electrons. The summed E-state index contributed by atoms with van der Waals surface area (Å²) in [6.07, 6.45) is 9.07. The van der Waals surface area contributed by atoms with Gasteiger partial charge in [0.15, 0.2) is 0 Å². The van der Waals surface area contributed by atoms with Crippen LogP contribution >= 0.6 is 0 Å². The second kappa shape index (κ2) is 16.9. The SMILES string of the molecule is CCN(CC)c1ccc2c(-c3ccccc3C(=O)OCc3cn(CCOCCOCC4CC5C=CC4C5)nn3)c3ccc(=[N+](CC)CC)cc-3oc2c1. The number of hydrogen-bond donors (Lipinski definition) is 0. The minimum atomic E-state index is -0.429. The van der Waals surface area contributed by atoms with Crippen molar-refractivity contribution in [2.24, 2.45) is 17.8 Å². The summed E-state index contributed by atoms with van der Waals surface area (Å²) in [6.45, 7) is 15.2. The molecule has 1 saturated carbocycles. The van der Waals surface area contributed by atoms with Crippen LogP contribution in [-0.2, 0) is 27.4 Å². The molecular weight excluding hydrogens is 667 g/mol. The number of allylic oxidation sites excluding steroid dienone is 2. The predicted molar refractivity (Wildman–Crippen MR) is 208 cm³/mol. The first-order valence-corrected chi connectivity index (χ1v) is 19.3. The van der Waals surface area contributed by atoms with Crippen LogP contribution in [0.2, 0.25) is 0 Å². The van der Waals surface area contributed by atoms with Gasteiger partial charge in [0.1, 0.15) is 36.7 Å². The van der Waals surface area contributed by atoms with E-state index in [0.717, 1.165) is 83.2 Å². The van der Waals surface area contributed by atoms with Crippen LogP contribution < -0.4 is 14.8 Å². The van der Waals surface area contributed by atoms with Crippen LogP contribution in [0, 0.1) is 17.8 Å². The van der Waals surface area contributed by atoms with Gasteiger partial charge in [0.25, 0.3) is 0 Å². The molecular formula is C43H52N5O5+. The fourth-order valence-electron chi connectivity index (χ4n) is 8.04. The Balaban J connectivity index is 1.04. The van der Waals surface area contributed by atoms with Gasteiger partial charge in [-0.1, -0.05) is 35.6 Å². The van der Waals surface area contributed by atoms with E-state index in [1.165, 1.54) is 12.8 Å². The van der Waals surface area contributed by atoms with Gasteiger partial charge in [-0.2, -0.15) is 0 Å². The van der Waals surface area contributed by atoms with Crippen LogP contribution in [0.25, 0.3) is 33.4 Å². The van der Waals surface area contributed by atoms with Crippen molar-refractivity contribution in [2.75, 3.05) is 57.5 Å². The summed E-state index contributed by atoms with van der Waals surface area (Å²) in [5.74, 6) is 2.46. The number of hydrogen-bond acceptors (Lipinski definition) is 8. The fourth-order valence-corrected chi connectivity index (χ4v) is 8.04. The summed E-state index contributed by atoms with van der Waals surface area (Å²) in [6, 6.07) is 20.3. The van der Waals surface area contributed by atoms with Gasteiger partial charge in [-0.05, 0) is 88.1 Å². The Morgan fingerprint density at radius 1 is 0.925 bits per heavy atom. The van der Waals surface area contributed by atoms with Gasteiger partial charge < -0.3 is 23.5 Å². The van der Waals surface area contributed by atoms with Crippen LogP contribution in [0.1, 0.15) is 56.6 Å². The normalized spacial score (nSPS) is 17.6. The van der Waals surface area contributed by atoms with E-state index in [2.05, 4.69) is 96.0 Å². The molecule has 10 heteroatoms. The van der Waals surface area contributed by atoms with Crippen molar-refractivity contribution in [3.63, 3.8) is 0 Å². The van der Waals surface area contributed by atoms with Gasteiger partial charge in [0, 0.05) is 47.4 Å². The highest BCUT2D eigenvalue weighted by molar-refractivity contribution is 6.08. The molecule has 1 fully saturated rings. The Morgan fingerprint density at radius 3 is 2.53 bits per heavy atom. The molecule has 3 atom stereocenters. The number of benzene rings is 3. The lowest BCUT2D eigenvalue weighted by Gasteiger charge is -2.22. The van der Waals surface area contributed by atoms with E-state index >= 15 is 0 Å². The van der Waals surface area contributed by atoms with Crippen LogP contribution in [0.3, 0.4) is 0 Å². The lowest BCUT2D eigenvalue weighted by molar-refractivity contribution is 0.0269. The Bertz CT molecular complexity index is 2090. The van der Waals surface area contributed by atoms with Gasteiger partial charge in [-0.15, -0.1) is 5.10 Å². The van der Waals surface area contributed by atoms with Gasteiger partial charge in [0.05, 0.1) is 50.8 Å². The third-order valence-electron chi connectivity index (χ3n) is 10.9. The molecule has 3 aromatic rings. The molecule has 53 heavy (non-hydrogen) atoms. The van der Waals surface area contributed by atoms with Crippen molar-refractivity contribution in [3.8, 4) is 22.5 Å². The van der Waals surface area contributed by atoms with Crippen molar-refractivity contribution in [1.82, 2.24) is 19.6 Å². The molecule has 7 rings (SSSR count). The molecule has 2 bridgehead atoms. The number of ether oxygens (including phenoxy) is 3. The van der Waals surface area contributed by atoms with Crippen molar-refractivity contribution in [1.29, 1.82) is 0 Å². The van der Waals surface area contributed by atoms with Gasteiger partial charge in [-0.3, -0.25) is 0 Å². The number of nitrogens with zero attached hydrogens (tertiary/aromatic N) is 5. The number of fused-ring (bicyclic) bond motifs is 4. The summed E-state index contributed by atoms with van der Waals surface area (Å²) in [4.78, 5) is 16.1. The highest BCUT2D eigenvalue weighted by Crippen LogP contribution is 2.44. The topological polar surface area (TPSA) is 94.9 Å². The van der Waals surface area contributed by atoms with Crippen LogP contribution in [-0.4, -0.2) is 73.6 Å². The highest BCUT2D eigenvalue weighted by Gasteiger charge is 2.35. The number of esters is 1. The molecule has 3 aliphatic carbocycles. The first-order valence-electron chi connectivity index (χ1n) is 19.3. The zero-order valence-corrected chi connectivity index (χ0v) is 31.5. The Kier molecular flexibility index (Phi) is 11.7. The lowest BCUT2D eigenvalue weighted by Crippen LogP contribution is -2.29. The van der Waals surface area contributed by atoms with Gasteiger partial charge in [-0.25, -0.2) is 14.1 Å².